The minimum Gasteiger partial charge on any atom is -0.535 e. The highest BCUT2D eigenvalue weighted by molar-refractivity contribution is 6.48. The molecule has 2 aliphatic heterocycles. The molecule has 4 rings (SSSR count). The number of primary amides is 1. The number of benzene rings is 1. The molecule has 0 aromatic heterocycles. The van der Waals surface area contributed by atoms with Gasteiger partial charge in [0.25, 0.3) is 0 Å². The van der Waals surface area contributed by atoms with Crippen LogP contribution in [0.15, 0.2) is 12.1 Å². The molecule has 1 aromatic rings. The Bertz CT molecular complexity index is 720. The second kappa shape index (κ2) is 5.39. The molecule has 1 amide bonds. The summed E-state index contributed by atoms with van der Waals surface area (Å²) in [4.78, 5) is 24.4. The molecule has 0 radical (unpaired) electrons. The van der Waals surface area contributed by atoms with Crippen LogP contribution in [0.5, 0.6) is 11.5 Å². The number of carbonyl (C=O) groups excluding carboxylic acids is 1. The summed E-state index contributed by atoms with van der Waals surface area (Å²) in [7, 11) is -0.967. The van der Waals surface area contributed by atoms with E-state index in [4.69, 9.17) is 15.1 Å². The highest BCUT2D eigenvalue weighted by Crippen LogP contribution is 2.60. The smallest absolute Gasteiger partial charge is 0.526 e. The summed E-state index contributed by atoms with van der Waals surface area (Å²) in [5.41, 5.74) is 5.90. The molecule has 1 saturated carbocycles. The van der Waals surface area contributed by atoms with Crippen molar-refractivity contribution in [1.29, 1.82) is 0 Å². The Hall–Kier alpha value is -2.26. The number of nitrogens with zero attached hydrogens (tertiary/aromatic N) is 1. The van der Waals surface area contributed by atoms with Crippen molar-refractivity contribution in [1.82, 2.24) is 4.90 Å². The van der Waals surface area contributed by atoms with Crippen LogP contribution in [0.2, 0.25) is 5.82 Å². The van der Waals surface area contributed by atoms with Gasteiger partial charge in [-0.05, 0) is 24.0 Å². The maximum absolute atomic E-state index is 11.7. The van der Waals surface area contributed by atoms with Gasteiger partial charge in [0, 0.05) is 18.9 Å². The molecule has 24 heavy (non-hydrogen) atoms. The number of likely N-dealkylation sites (tertiary alicyclic amines) is 1. The lowest BCUT2D eigenvalue weighted by molar-refractivity contribution is -0.121. The van der Waals surface area contributed by atoms with E-state index in [2.05, 4.69) is 0 Å². The van der Waals surface area contributed by atoms with E-state index in [1.807, 2.05) is 11.0 Å². The number of carboxylic acids is 1. The molecule has 0 spiro atoms. The predicted octanol–water partition coefficient (Wildman–Crippen LogP) is -0.336. The summed E-state index contributed by atoms with van der Waals surface area (Å²) in [5, 5.41) is 19.5. The van der Waals surface area contributed by atoms with Crippen LogP contribution < -0.4 is 15.1 Å². The zero-order chi connectivity index (χ0) is 17.0. The van der Waals surface area contributed by atoms with Crippen LogP contribution in [0.3, 0.4) is 0 Å². The third-order valence-electron chi connectivity index (χ3n) is 4.80. The van der Waals surface area contributed by atoms with E-state index in [9.17, 15) is 19.7 Å². The third kappa shape index (κ3) is 2.49. The zero-order valence-electron chi connectivity index (χ0n) is 12.8. The Kier molecular flexibility index (Phi) is 3.43. The van der Waals surface area contributed by atoms with Gasteiger partial charge >= 0.3 is 13.1 Å². The maximum atomic E-state index is 11.7. The fourth-order valence-corrected chi connectivity index (χ4v) is 3.52. The monoisotopic (exact) mass is 332 g/mol. The van der Waals surface area contributed by atoms with E-state index in [-0.39, 0.29) is 41.4 Å². The summed E-state index contributed by atoms with van der Waals surface area (Å²) < 4.78 is 11.2. The van der Waals surface area contributed by atoms with Crippen molar-refractivity contribution in [3.63, 3.8) is 0 Å². The number of aromatic carboxylic acids is 1. The number of carboxylic acid groups (broad SMARTS) is 1. The molecule has 3 aliphatic rings. The average molecular weight is 332 g/mol. The van der Waals surface area contributed by atoms with Gasteiger partial charge in [0.05, 0.1) is 6.54 Å². The van der Waals surface area contributed by atoms with Crippen molar-refractivity contribution in [2.45, 2.75) is 24.3 Å². The molecule has 1 saturated heterocycles. The third-order valence-corrected chi connectivity index (χ3v) is 4.80. The van der Waals surface area contributed by atoms with E-state index in [1.165, 1.54) is 0 Å². The average Bonchev–Trinajstić information content (AvgIpc) is 3.25. The number of hydrogen-bond acceptors (Lipinski definition) is 6. The van der Waals surface area contributed by atoms with Crippen LogP contribution in [0.25, 0.3) is 0 Å². The summed E-state index contributed by atoms with van der Waals surface area (Å²) in [6.45, 7) is 1.18. The number of amides is 1. The summed E-state index contributed by atoms with van der Waals surface area (Å²) in [6.07, 6.45) is 0.598. The molecule has 4 N–H and O–H groups in total. The van der Waals surface area contributed by atoms with E-state index in [0.29, 0.717) is 13.1 Å². The number of ether oxygens (including phenoxy) is 1. The van der Waals surface area contributed by atoms with E-state index >= 15 is 0 Å². The molecule has 0 unspecified atom stereocenters. The summed E-state index contributed by atoms with van der Waals surface area (Å²) in [5.74, 6) is -0.919. The van der Waals surface area contributed by atoms with Gasteiger partial charge in [-0.25, -0.2) is 4.79 Å². The second-order valence-electron chi connectivity index (χ2n) is 6.58. The molecule has 2 heterocycles. The first-order valence-corrected chi connectivity index (χ1v) is 7.86. The Morgan fingerprint density at radius 3 is 2.83 bits per heavy atom. The molecule has 9 heteroatoms. The van der Waals surface area contributed by atoms with Gasteiger partial charge < -0.3 is 25.3 Å². The van der Waals surface area contributed by atoms with Crippen molar-refractivity contribution < 1.29 is 29.1 Å². The van der Waals surface area contributed by atoms with Crippen molar-refractivity contribution in [2.75, 3.05) is 19.6 Å². The lowest BCUT2D eigenvalue weighted by Gasteiger charge is -2.38. The molecule has 1 aromatic carbocycles. The fraction of sp³-hybridized carbons (Fsp3) is 0.467. The zero-order valence-corrected chi connectivity index (χ0v) is 12.8. The standard InChI is InChI=1S/C15H17BN2O6/c17-12(19)6-18-4-7(5-18)23-11-2-1-8-9-3-10(9)16(22)24-14(8)13(11)15(20)21/h1-2,7,9-10,22H,3-6H2,(H2,17,19)(H,20,21)/t9-,10-/m0/s1. The second-order valence-corrected chi connectivity index (χ2v) is 6.58. The van der Waals surface area contributed by atoms with Crippen molar-refractivity contribution in [2.24, 2.45) is 5.73 Å². The van der Waals surface area contributed by atoms with Crippen molar-refractivity contribution in [3.05, 3.63) is 23.3 Å². The molecular weight excluding hydrogens is 315 g/mol. The van der Waals surface area contributed by atoms with Gasteiger partial charge in [-0.2, -0.15) is 0 Å². The van der Waals surface area contributed by atoms with Crippen LogP contribution in [0.4, 0.5) is 0 Å². The lowest BCUT2D eigenvalue weighted by Crippen LogP contribution is -2.56. The van der Waals surface area contributed by atoms with E-state index < -0.39 is 19.0 Å². The van der Waals surface area contributed by atoms with Gasteiger partial charge in [-0.15, -0.1) is 0 Å². The van der Waals surface area contributed by atoms with Crippen LogP contribution in [0, 0.1) is 0 Å². The summed E-state index contributed by atoms with van der Waals surface area (Å²) >= 11 is 0. The van der Waals surface area contributed by atoms with Crippen molar-refractivity contribution in [3.8, 4) is 11.5 Å². The van der Waals surface area contributed by atoms with Gasteiger partial charge in [-0.3, -0.25) is 9.69 Å². The van der Waals surface area contributed by atoms with Crippen LogP contribution in [-0.2, 0) is 4.79 Å². The minimum absolute atomic E-state index is 0.0507. The van der Waals surface area contributed by atoms with Gasteiger partial charge in [-0.1, -0.05) is 6.07 Å². The Morgan fingerprint density at radius 1 is 1.42 bits per heavy atom. The number of fused-ring (bicyclic) bond motifs is 3. The van der Waals surface area contributed by atoms with E-state index in [1.54, 1.807) is 6.07 Å². The predicted molar refractivity (Wildman–Crippen MR) is 83.2 cm³/mol. The highest BCUT2D eigenvalue weighted by Gasteiger charge is 2.54. The highest BCUT2D eigenvalue weighted by atomic mass is 16.5. The number of hydrogen-bond donors (Lipinski definition) is 3. The topological polar surface area (TPSA) is 122 Å². The largest absolute Gasteiger partial charge is 0.535 e. The maximum Gasteiger partial charge on any atom is 0.526 e. The SMILES string of the molecule is NC(=O)CN1CC(Oc2ccc3c(c2C(=O)O)OB(O)[C@H]2C[C@@H]32)C1. The summed E-state index contributed by atoms with van der Waals surface area (Å²) in [6, 6.07) is 3.46. The number of carbonyl (C=O) groups is 2. The van der Waals surface area contributed by atoms with Crippen LogP contribution in [0.1, 0.15) is 28.3 Å². The van der Waals surface area contributed by atoms with Gasteiger partial charge in [0.2, 0.25) is 5.91 Å². The first kappa shape index (κ1) is 15.3. The lowest BCUT2D eigenvalue weighted by atomic mass is 9.77. The number of nitrogens with two attached hydrogens (primary N) is 1. The molecule has 2 atom stereocenters. The quantitative estimate of drug-likeness (QED) is 0.631. The Balaban J connectivity index is 1.55. The molecule has 126 valence electrons. The molecular formula is C15H17BN2O6. The van der Waals surface area contributed by atoms with E-state index in [0.717, 1.165) is 12.0 Å². The van der Waals surface area contributed by atoms with Gasteiger partial charge in [0.1, 0.15) is 23.2 Å². The molecule has 2 fully saturated rings. The Labute approximate surface area is 138 Å². The molecule has 8 nitrogen and oxygen atoms in total. The minimum atomic E-state index is -1.15. The number of rotatable bonds is 5. The van der Waals surface area contributed by atoms with Crippen molar-refractivity contribution >= 4 is 19.0 Å². The fourth-order valence-electron chi connectivity index (χ4n) is 3.52. The normalized spacial score (nSPS) is 25.1. The van der Waals surface area contributed by atoms with Crippen LogP contribution >= 0.6 is 0 Å². The van der Waals surface area contributed by atoms with Gasteiger partial charge in [0.15, 0.2) is 0 Å². The molecule has 0 bridgehead atoms. The molecule has 1 aliphatic carbocycles. The first-order chi connectivity index (χ1) is 11.4. The Morgan fingerprint density at radius 2 is 2.17 bits per heavy atom. The van der Waals surface area contributed by atoms with Crippen LogP contribution in [-0.4, -0.2) is 59.8 Å². The first-order valence-electron chi connectivity index (χ1n) is 7.86.